The Balaban J connectivity index is 2.37. The van der Waals surface area contributed by atoms with E-state index in [2.05, 4.69) is 19.2 Å². The van der Waals surface area contributed by atoms with Crippen LogP contribution in [0, 0.1) is 0 Å². The topological polar surface area (TPSA) is 60.0 Å². The molecule has 1 aliphatic rings. The first-order valence-electron chi connectivity index (χ1n) is 7.36. The number of benzene rings is 1. The number of carbonyl (C=O) groups excluding carboxylic acids is 1. The predicted molar refractivity (Wildman–Crippen MR) is 84.1 cm³/mol. The molecule has 1 aliphatic heterocycles. The number of hydrogen-bond acceptors (Lipinski definition) is 5. The molecule has 1 heterocycles. The number of piperazine rings is 1. The zero-order valence-corrected chi connectivity index (χ0v) is 13.8. The molecule has 6 nitrogen and oxygen atoms in total. The second-order valence-corrected chi connectivity index (χ2v) is 5.56. The molecule has 1 aromatic rings. The summed E-state index contributed by atoms with van der Waals surface area (Å²) >= 11 is 0. The number of methoxy groups -OCH3 is 3. The Morgan fingerprint density at radius 3 is 2.14 bits per heavy atom. The van der Waals surface area contributed by atoms with E-state index in [1.165, 1.54) is 14.2 Å². The zero-order chi connectivity index (χ0) is 16.3. The van der Waals surface area contributed by atoms with E-state index < -0.39 is 0 Å². The molecule has 2 unspecified atom stereocenters. The summed E-state index contributed by atoms with van der Waals surface area (Å²) < 4.78 is 16.0. The van der Waals surface area contributed by atoms with Gasteiger partial charge in [0.15, 0.2) is 11.5 Å². The number of rotatable bonds is 4. The molecule has 1 saturated heterocycles. The van der Waals surface area contributed by atoms with E-state index >= 15 is 0 Å². The summed E-state index contributed by atoms with van der Waals surface area (Å²) in [5, 5.41) is 3.42. The van der Waals surface area contributed by atoms with Gasteiger partial charge in [0, 0.05) is 25.2 Å². The number of nitrogens with one attached hydrogen (secondary N) is 1. The lowest BCUT2D eigenvalue weighted by molar-refractivity contribution is 0.0669. The van der Waals surface area contributed by atoms with Crippen molar-refractivity contribution in [2.45, 2.75) is 25.9 Å². The lowest BCUT2D eigenvalue weighted by Crippen LogP contribution is -2.55. The van der Waals surface area contributed by atoms with Crippen LogP contribution in [0.25, 0.3) is 0 Å². The van der Waals surface area contributed by atoms with Gasteiger partial charge in [0.1, 0.15) is 0 Å². The van der Waals surface area contributed by atoms with Crippen LogP contribution in [-0.2, 0) is 0 Å². The molecule has 122 valence electrons. The molecule has 0 aromatic heterocycles. The fraction of sp³-hybridized carbons (Fsp3) is 0.562. The molecular weight excluding hydrogens is 284 g/mol. The van der Waals surface area contributed by atoms with E-state index in [0.29, 0.717) is 35.9 Å². The smallest absolute Gasteiger partial charge is 0.257 e. The molecule has 1 fully saturated rings. The molecule has 0 saturated carbocycles. The van der Waals surface area contributed by atoms with Gasteiger partial charge in [-0.3, -0.25) is 4.79 Å². The molecule has 0 radical (unpaired) electrons. The summed E-state index contributed by atoms with van der Waals surface area (Å²) in [5.41, 5.74) is 0.487. The van der Waals surface area contributed by atoms with Gasteiger partial charge in [-0.15, -0.1) is 0 Å². The van der Waals surface area contributed by atoms with Crippen LogP contribution in [0.2, 0.25) is 0 Å². The van der Waals surface area contributed by atoms with Crippen molar-refractivity contribution in [2.24, 2.45) is 0 Å². The summed E-state index contributed by atoms with van der Waals surface area (Å²) in [6.45, 7) is 5.48. The van der Waals surface area contributed by atoms with Crippen LogP contribution in [-0.4, -0.2) is 57.3 Å². The van der Waals surface area contributed by atoms with Gasteiger partial charge in [-0.05, 0) is 26.0 Å². The summed E-state index contributed by atoms with van der Waals surface area (Å²) in [4.78, 5) is 14.7. The van der Waals surface area contributed by atoms with E-state index in [0.717, 1.165) is 0 Å². The monoisotopic (exact) mass is 308 g/mol. The van der Waals surface area contributed by atoms with Gasteiger partial charge in [0.25, 0.3) is 5.91 Å². The third-order valence-corrected chi connectivity index (χ3v) is 3.78. The quantitative estimate of drug-likeness (QED) is 0.914. The van der Waals surface area contributed by atoms with Crippen LogP contribution in [0.1, 0.15) is 24.2 Å². The molecule has 2 rings (SSSR count). The maximum absolute atomic E-state index is 12.9. The van der Waals surface area contributed by atoms with Gasteiger partial charge in [-0.25, -0.2) is 0 Å². The van der Waals surface area contributed by atoms with Crippen LogP contribution < -0.4 is 19.5 Å². The minimum Gasteiger partial charge on any atom is -0.493 e. The molecule has 0 aliphatic carbocycles. The van der Waals surface area contributed by atoms with Gasteiger partial charge in [0.2, 0.25) is 5.75 Å². The van der Waals surface area contributed by atoms with Crippen LogP contribution in [0.15, 0.2) is 12.1 Å². The Bertz CT molecular complexity index is 537. The average Bonchev–Trinajstić information content (AvgIpc) is 2.51. The zero-order valence-electron chi connectivity index (χ0n) is 13.8. The first-order valence-corrected chi connectivity index (χ1v) is 7.36. The van der Waals surface area contributed by atoms with Crippen molar-refractivity contribution >= 4 is 5.91 Å². The van der Waals surface area contributed by atoms with E-state index in [-0.39, 0.29) is 18.0 Å². The maximum Gasteiger partial charge on any atom is 0.257 e. The Labute approximate surface area is 131 Å². The first kappa shape index (κ1) is 16.4. The van der Waals surface area contributed by atoms with Crippen molar-refractivity contribution in [3.8, 4) is 17.2 Å². The first-order chi connectivity index (χ1) is 10.5. The molecule has 22 heavy (non-hydrogen) atoms. The number of ether oxygens (including phenoxy) is 3. The van der Waals surface area contributed by atoms with Gasteiger partial charge >= 0.3 is 0 Å². The number of amides is 1. The number of nitrogens with zero attached hydrogens (tertiary/aromatic N) is 1. The van der Waals surface area contributed by atoms with Crippen molar-refractivity contribution in [1.29, 1.82) is 0 Å². The molecule has 0 bridgehead atoms. The van der Waals surface area contributed by atoms with Crippen molar-refractivity contribution in [1.82, 2.24) is 10.2 Å². The Hall–Kier alpha value is -1.95. The van der Waals surface area contributed by atoms with Crippen molar-refractivity contribution in [2.75, 3.05) is 34.4 Å². The normalized spacial score (nSPS) is 21.4. The highest BCUT2D eigenvalue weighted by molar-refractivity contribution is 5.98. The highest BCUT2D eigenvalue weighted by Crippen LogP contribution is 2.40. The lowest BCUT2D eigenvalue weighted by atomic mass is 10.1. The van der Waals surface area contributed by atoms with E-state index in [4.69, 9.17) is 14.2 Å². The largest absolute Gasteiger partial charge is 0.493 e. The van der Waals surface area contributed by atoms with Crippen LogP contribution in [0.4, 0.5) is 0 Å². The molecular formula is C16H24N2O4. The predicted octanol–water partition coefficient (Wildman–Crippen LogP) is 1.53. The number of hydrogen-bond donors (Lipinski definition) is 1. The van der Waals surface area contributed by atoms with Crippen LogP contribution >= 0.6 is 0 Å². The molecule has 1 N–H and O–H groups in total. The van der Waals surface area contributed by atoms with Gasteiger partial charge in [-0.2, -0.15) is 0 Å². The van der Waals surface area contributed by atoms with Crippen molar-refractivity contribution in [3.05, 3.63) is 17.7 Å². The fourth-order valence-electron chi connectivity index (χ4n) is 2.93. The summed E-state index contributed by atoms with van der Waals surface area (Å²) in [5.74, 6) is 1.33. The third kappa shape index (κ3) is 3.11. The van der Waals surface area contributed by atoms with Gasteiger partial charge < -0.3 is 24.4 Å². The highest BCUT2D eigenvalue weighted by atomic mass is 16.5. The van der Waals surface area contributed by atoms with Crippen molar-refractivity contribution in [3.63, 3.8) is 0 Å². The lowest BCUT2D eigenvalue weighted by Gasteiger charge is -2.36. The van der Waals surface area contributed by atoms with Gasteiger partial charge in [0.05, 0.1) is 26.9 Å². The van der Waals surface area contributed by atoms with E-state index in [9.17, 15) is 4.79 Å². The minimum atomic E-state index is -0.0574. The molecule has 1 aromatic carbocycles. The molecule has 1 amide bonds. The third-order valence-electron chi connectivity index (χ3n) is 3.78. The van der Waals surface area contributed by atoms with Crippen LogP contribution in [0.5, 0.6) is 17.2 Å². The Kier molecular flexibility index (Phi) is 5.13. The summed E-state index contributed by atoms with van der Waals surface area (Å²) in [6, 6.07) is 3.97. The maximum atomic E-state index is 12.9. The van der Waals surface area contributed by atoms with Gasteiger partial charge in [-0.1, -0.05) is 0 Å². The van der Waals surface area contributed by atoms with E-state index in [1.54, 1.807) is 19.2 Å². The fourth-order valence-corrected chi connectivity index (χ4v) is 2.93. The highest BCUT2D eigenvalue weighted by Gasteiger charge is 2.29. The van der Waals surface area contributed by atoms with Crippen LogP contribution in [0.3, 0.4) is 0 Å². The Morgan fingerprint density at radius 1 is 1.05 bits per heavy atom. The average molecular weight is 308 g/mol. The second kappa shape index (κ2) is 6.87. The Morgan fingerprint density at radius 2 is 1.64 bits per heavy atom. The SMILES string of the molecule is COc1ccc(C(=O)N2CC(C)NC(C)C2)c(OC)c1OC. The standard InChI is InChI=1S/C16H24N2O4/c1-10-8-18(9-11(2)17-10)16(19)12-6-7-13(20-3)15(22-5)14(12)21-4/h6-7,10-11,17H,8-9H2,1-5H3. The van der Waals surface area contributed by atoms with E-state index in [1.807, 2.05) is 4.90 Å². The minimum absolute atomic E-state index is 0.0574. The molecule has 6 heteroatoms. The van der Waals surface area contributed by atoms with Crippen molar-refractivity contribution < 1.29 is 19.0 Å². The second-order valence-electron chi connectivity index (χ2n) is 5.56. The molecule has 2 atom stereocenters. The summed E-state index contributed by atoms with van der Waals surface area (Å²) in [7, 11) is 4.61. The molecule has 0 spiro atoms. The summed E-state index contributed by atoms with van der Waals surface area (Å²) in [6.07, 6.45) is 0. The number of carbonyl (C=O) groups is 1.